The number of alkyl halides is 1. The van der Waals surface area contributed by atoms with Gasteiger partial charge in [-0.1, -0.05) is 12.1 Å². The maximum atomic E-state index is 13.4. The number of nitrogens with two attached hydrogens (primary N) is 1. The molecule has 0 spiro atoms. The van der Waals surface area contributed by atoms with Gasteiger partial charge in [-0.05, 0) is 31.5 Å². The van der Waals surface area contributed by atoms with Gasteiger partial charge in [0.1, 0.15) is 5.67 Å². The summed E-state index contributed by atoms with van der Waals surface area (Å²) in [4.78, 5) is 11.0. The molecule has 0 aliphatic rings. The van der Waals surface area contributed by atoms with Crippen molar-refractivity contribution in [3.63, 3.8) is 0 Å². The van der Waals surface area contributed by atoms with E-state index in [-0.39, 0.29) is 5.91 Å². The number of carbonyl (C=O) groups excluding carboxylic acids is 1. The van der Waals surface area contributed by atoms with Crippen LogP contribution in [-0.2, 0) is 5.67 Å². The zero-order valence-corrected chi connectivity index (χ0v) is 8.17. The molecule has 76 valence electrons. The Labute approximate surface area is 82.1 Å². The summed E-state index contributed by atoms with van der Waals surface area (Å²) in [7, 11) is 0. The molecule has 1 rings (SSSR count). The van der Waals surface area contributed by atoms with E-state index in [1.54, 1.807) is 24.3 Å². The lowest BCUT2D eigenvalue weighted by Gasteiger charge is -2.14. The summed E-state index contributed by atoms with van der Waals surface area (Å²) in [6.45, 7) is 2.93. The minimum Gasteiger partial charge on any atom is -0.290 e. The van der Waals surface area contributed by atoms with Crippen LogP contribution in [0.4, 0.5) is 4.39 Å². The van der Waals surface area contributed by atoms with Gasteiger partial charge in [0.15, 0.2) is 0 Å². The second kappa shape index (κ2) is 3.75. The van der Waals surface area contributed by atoms with Gasteiger partial charge < -0.3 is 0 Å². The third kappa shape index (κ3) is 2.29. The lowest BCUT2D eigenvalue weighted by atomic mass is 9.99. The molecule has 4 heteroatoms. The quantitative estimate of drug-likeness (QED) is 0.428. The van der Waals surface area contributed by atoms with Crippen molar-refractivity contribution in [2.75, 3.05) is 0 Å². The molecule has 3 nitrogen and oxygen atoms in total. The monoisotopic (exact) mass is 196 g/mol. The molecule has 0 saturated carbocycles. The third-order valence-electron chi connectivity index (χ3n) is 1.96. The summed E-state index contributed by atoms with van der Waals surface area (Å²) in [5.74, 6) is 4.57. The first kappa shape index (κ1) is 10.7. The summed E-state index contributed by atoms with van der Waals surface area (Å²) >= 11 is 0. The normalized spacial score (nSPS) is 11.1. The zero-order valence-electron chi connectivity index (χ0n) is 8.17. The second-order valence-corrected chi connectivity index (χ2v) is 3.52. The van der Waals surface area contributed by atoms with Crippen molar-refractivity contribution in [3.05, 3.63) is 35.4 Å². The molecule has 0 aromatic heterocycles. The molecule has 0 fully saturated rings. The van der Waals surface area contributed by atoms with Crippen LogP contribution in [0.3, 0.4) is 0 Å². The first-order chi connectivity index (χ1) is 6.45. The Morgan fingerprint density at radius 2 is 1.86 bits per heavy atom. The number of nitrogen functional groups attached to an aromatic ring is 1. The van der Waals surface area contributed by atoms with Crippen LogP contribution in [-0.4, -0.2) is 5.91 Å². The topological polar surface area (TPSA) is 55.1 Å². The fourth-order valence-electron chi connectivity index (χ4n) is 1.10. The summed E-state index contributed by atoms with van der Waals surface area (Å²) in [6.07, 6.45) is 0. The predicted molar refractivity (Wildman–Crippen MR) is 52.2 cm³/mol. The van der Waals surface area contributed by atoms with E-state index in [0.717, 1.165) is 0 Å². The van der Waals surface area contributed by atoms with E-state index in [1.807, 2.05) is 5.43 Å². The van der Waals surface area contributed by atoms with E-state index >= 15 is 0 Å². The van der Waals surface area contributed by atoms with Crippen molar-refractivity contribution < 1.29 is 9.18 Å². The van der Waals surface area contributed by atoms with Crippen LogP contribution in [0.2, 0.25) is 0 Å². The summed E-state index contributed by atoms with van der Waals surface area (Å²) in [6, 6.07) is 6.23. The molecule has 3 N–H and O–H groups in total. The van der Waals surface area contributed by atoms with Gasteiger partial charge in [0, 0.05) is 5.56 Å². The maximum absolute atomic E-state index is 13.4. The van der Waals surface area contributed by atoms with E-state index in [2.05, 4.69) is 0 Å². The molecule has 0 aliphatic heterocycles. The average Bonchev–Trinajstić information content (AvgIpc) is 2.15. The van der Waals surface area contributed by atoms with Gasteiger partial charge >= 0.3 is 0 Å². The first-order valence-electron chi connectivity index (χ1n) is 4.25. The fraction of sp³-hybridized carbons (Fsp3) is 0.300. The van der Waals surface area contributed by atoms with Gasteiger partial charge in [-0.3, -0.25) is 10.2 Å². The Kier molecular flexibility index (Phi) is 2.86. The largest absolute Gasteiger partial charge is 0.290 e. The number of nitrogens with one attached hydrogen (secondary N) is 1. The second-order valence-electron chi connectivity index (χ2n) is 3.52. The van der Waals surface area contributed by atoms with Crippen molar-refractivity contribution in [1.29, 1.82) is 0 Å². The third-order valence-corrected chi connectivity index (χ3v) is 1.96. The zero-order chi connectivity index (χ0) is 10.8. The molecule has 1 aromatic carbocycles. The molecule has 14 heavy (non-hydrogen) atoms. The number of hydrogen-bond acceptors (Lipinski definition) is 2. The molecule has 0 saturated heterocycles. The van der Waals surface area contributed by atoms with Gasteiger partial charge in [-0.2, -0.15) is 0 Å². The predicted octanol–water partition coefficient (Wildman–Crippen LogP) is 1.49. The lowest BCUT2D eigenvalue weighted by Crippen LogP contribution is -2.29. The van der Waals surface area contributed by atoms with Crippen molar-refractivity contribution in [2.24, 2.45) is 5.84 Å². The van der Waals surface area contributed by atoms with E-state index in [1.165, 1.54) is 13.8 Å². The van der Waals surface area contributed by atoms with Crippen molar-refractivity contribution in [3.8, 4) is 0 Å². The van der Waals surface area contributed by atoms with Crippen LogP contribution in [0.1, 0.15) is 29.8 Å². The molecule has 0 bridgehead atoms. The molecular formula is C10H13FN2O. The maximum Gasteiger partial charge on any atom is 0.265 e. The van der Waals surface area contributed by atoms with Gasteiger partial charge in [-0.15, -0.1) is 0 Å². The standard InChI is InChI=1S/C10H13FN2O/c1-10(2,11)8-5-3-7(4-6-8)9(14)13-12/h3-6H,12H2,1-2H3,(H,13,14). The number of rotatable bonds is 2. The van der Waals surface area contributed by atoms with Gasteiger partial charge in [0.05, 0.1) is 0 Å². The Morgan fingerprint density at radius 3 is 2.21 bits per heavy atom. The smallest absolute Gasteiger partial charge is 0.265 e. The van der Waals surface area contributed by atoms with Crippen LogP contribution >= 0.6 is 0 Å². The SMILES string of the molecule is CC(C)(F)c1ccc(C(=O)NN)cc1. The Hall–Kier alpha value is -1.42. The highest BCUT2D eigenvalue weighted by Gasteiger charge is 2.18. The molecule has 0 unspecified atom stereocenters. The molecule has 0 atom stereocenters. The van der Waals surface area contributed by atoms with E-state index in [9.17, 15) is 9.18 Å². The number of benzene rings is 1. The van der Waals surface area contributed by atoms with Crippen LogP contribution < -0.4 is 11.3 Å². The Balaban J connectivity index is 2.95. The van der Waals surface area contributed by atoms with Crippen LogP contribution in [0, 0.1) is 0 Å². The Morgan fingerprint density at radius 1 is 1.36 bits per heavy atom. The average molecular weight is 196 g/mol. The number of hydrogen-bond donors (Lipinski definition) is 2. The van der Waals surface area contributed by atoms with E-state index in [0.29, 0.717) is 11.1 Å². The molecule has 1 amide bonds. The van der Waals surface area contributed by atoms with Gasteiger partial charge in [-0.25, -0.2) is 10.2 Å². The lowest BCUT2D eigenvalue weighted by molar-refractivity contribution is 0.0953. The highest BCUT2D eigenvalue weighted by atomic mass is 19.1. The van der Waals surface area contributed by atoms with Crippen molar-refractivity contribution in [1.82, 2.24) is 5.43 Å². The molecule has 1 aromatic rings. The number of carbonyl (C=O) groups is 1. The molecular weight excluding hydrogens is 183 g/mol. The summed E-state index contributed by atoms with van der Waals surface area (Å²) in [5.41, 5.74) is 1.57. The van der Waals surface area contributed by atoms with Crippen LogP contribution in [0.5, 0.6) is 0 Å². The minimum atomic E-state index is -1.39. The first-order valence-corrected chi connectivity index (χ1v) is 4.25. The number of halogens is 1. The van der Waals surface area contributed by atoms with Crippen molar-refractivity contribution >= 4 is 5.91 Å². The molecule has 0 heterocycles. The van der Waals surface area contributed by atoms with E-state index in [4.69, 9.17) is 5.84 Å². The summed E-state index contributed by atoms with van der Waals surface area (Å²) < 4.78 is 13.4. The Bertz CT molecular complexity index is 327. The minimum absolute atomic E-state index is 0.381. The summed E-state index contributed by atoms with van der Waals surface area (Å²) in [5, 5.41) is 0. The van der Waals surface area contributed by atoms with E-state index < -0.39 is 5.67 Å². The fourth-order valence-corrected chi connectivity index (χ4v) is 1.10. The molecule has 0 radical (unpaired) electrons. The van der Waals surface area contributed by atoms with Gasteiger partial charge in [0.2, 0.25) is 0 Å². The number of hydrazine groups is 1. The molecule has 0 aliphatic carbocycles. The number of amides is 1. The van der Waals surface area contributed by atoms with Crippen molar-refractivity contribution in [2.45, 2.75) is 19.5 Å². The van der Waals surface area contributed by atoms with Crippen LogP contribution in [0.15, 0.2) is 24.3 Å². The highest BCUT2D eigenvalue weighted by molar-refractivity contribution is 5.93. The van der Waals surface area contributed by atoms with Crippen LogP contribution in [0.25, 0.3) is 0 Å². The highest BCUT2D eigenvalue weighted by Crippen LogP contribution is 2.24. The van der Waals surface area contributed by atoms with Gasteiger partial charge in [0.25, 0.3) is 5.91 Å².